The van der Waals surface area contributed by atoms with E-state index in [0.717, 1.165) is 0 Å². The Hall–Kier alpha value is -1.17. The maximum atomic E-state index is 12.2. The molecular formula is C14H13Cl2NO3S. The molecule has 7 heteroatoms. The summed E-state index contributed by atoms with van der Waals surface area (Å²) < 4.78 is 0. The molecule has 0 radical (unpaired) electrons. The van der Waals surface area contributed by atoms with E-state index in [-0.39, 0.29) is 12.3 Å². The quantitative estimate of drug-likeness (QED) is 0.878. The standard InChI is InChI=1S/C14H13Cl2NO3S/c1-14(9(13(19)20)5-6-21-14)17-12(18)7-8-10(15)3-2-4-11(8)16/h2-6,9H,7H2,1H3,(H,17,18)(H,19,20). The molecule has 1 aliphatic heterocycles. The molecule has 2 atom stereocenters. The summed E-state index contributed by atoms with van der Waals surface area (Å²) >= 11 is 13.3. The third-order valence-corrected chi connectivity index (χ3v) is 5.08. The lowest BCUT2D eigenvalue weighted by molar-refractivity contribution is -0.141. The lowest BCUT2D eigenvalue weighted by Crippen LogP contribution is -2.49. The zero-order valence-electron chi connectivity index (χ0n) is 11.1. The molecule has 1 heterocycles. The molecule has 4 nitrogen and oxygen atoms in total. The summed E-state index contributed by atoms with van der Waals surface area (Å²) in [6.07, 6.45) is 1.57. The van der Waals surface area contributed by atoms with Crippen molar-refractivity contribution in [3.05, 3.63) is 45.3 Å². The van der Waals surface area contributed by atoms with E-state index in [1.54, 1.807) is 36.6 Å². The third kappa shape index (κ3) is 3.54. The fraction of sp³-hybridized carbons (Fsp3) is 0.286. The van der Waals surface area contributed by atoms with E-state index in [9.17, 15) is 14.7 Å². The normalized spacial score (nSPS) is 24.0. The second-order valence-electron chi connectivity index (χ2n) is 4.79. The molecule has 2 rings (SSSR count). The lowest BCUT2D eigenvalue weighted by Gasteiger charge is -2.29. The smallest absolute Gasteiger partial charge is 0.313 e. The van der Waals surface area contributed by atoms with Gasteiger partial charge in [0.25, 0.3) is 0 Å². The van der Waals surface area contributed by atoms with E-state index in [1.807, 2.05) is 0 Å². The van der Waals surface area contributed by atoms with Gasteiger partial charge in [0.1, 0.15) is 10.8 Å². The van der Waals surface area contributed by atoms with Gasteiger partial charge in [0.05, 0.1) is 6.42 Å². The van der Waals surface area contributed by atoms with Gasteiger partial charge in [-0.2, -0.15) is 0 Å². The Morgan fingerprint density at radius 2 is 2.00 bits per heavy atom. The Morgan fingerprint density at radius 1 is 1.38 bits per heavy atom. The van der Waals surface area contributed by atoms with Crippen LogP contribution in [0.25, 0.3) is 0 Å². The second-order valence-corrected chi connectivity index (χ2v) is 6.96. The summed E-state index contributed by atoms with van der Waals surface area (Å²) in [7, 11) is 0. The van der Waals surface area contributed by atoms with Crippen molar-refractivity contribution in [1.82, 2.24) is 5.32 Å². The Morgan fingerprint density at radius 3 is 2.57 bits per heavy atom. The largest absolute Gasteiger partial charge is 0.481 e. The van der Waals surface area contributed by atoms with Gasteiger partial charge in [-0.15, -0.1) is 11.8 Å². The number of aliphatic carboxylic acids is 1. The lowest BCUT2D eigenvalue weighted by atomic mass is 10.0. The molecule has 1 aliphatic rings. The Labute approximate surface area is 136 Å². The summed E-state index contributed by atoms with van der Waals surface area (Å²) in [5, 5.41) is 14.4. The fourth-order valence-corrected chi connectivity index (χ4v) is 3.67. The van der Waals surface area contributed by atoms with Crippen molar-refractivity contribution in [3.63, 3.8) is 0 Å². The van der Waals surface area contributed by atoms with Gasteiger partial charge in [-0.3, -0.25) is 9.59 Å². The first kappa shape index (κ1) is 16.2. The van der Waals surface area contributed by atoms with E-state index in [2.05, 4.69) is 5.32 Å². The van der Waals surface area contributed by atoms with Gasteiger partial charge >= 0.3 is 5.97 Å². The number of rotatable bonds is 4. The average molecular weight is 346 g/mol. The number of carboxylic acids is 1. The number of halogens is 2. The minimum Gasteiger partial charge on any atom is -0.481 e. The molecule has 0 fully saturated rings. The average Bonchev–Trinajstić information content (AvgIpc) is 2.75. The van der Waals surface area contributed by atoms with E-state index in [4.69, 9.17) is 23.2 Å². The van der Waals surface area contributed by atoms with Crippen LogP contribution in [0.3, 0.4) is 0 Å². The molecule has 2 unspecified atom stereocenters. The van der Waals surface area contributed by atoms with Crippen LogP contribution in [-0.4, -0.2) is 21.9 Å². The monoisotopic (exact) mass is 345 g/mol. The fourth-order valence-electron chi connectivity index (χ4n) is 2.12. The molecule has 0 bridgehead atoms. The molecule has 0 spiro atoms. The predicted molar refractivity (Wildman–Crippen MR) is 84.6 cm³/mol. The number of carbonyl (C=O) groups excluding carboxylic acids is 1. The van der Waals surface area contributed by atoms with Crippen LogP contribution in [0, 0.1) is 5.92 Å². The first-order valence-electron chi connectivity index (χ1n) is 6.14. The first-order chi connectivity index (χ1) is 9.83. The number of hydrogen-bond donors (Lipinski definition) is 2. The van der Waals surface area contributed by atoms with Crippen LogP contribution in [0.5, 0.6) is 0 Å². The molecule has 112 valence electrons. The van der Waals surface area contributed by atoms with Crippen LogP contribution in [0.1, 0.15) is 12.5 Å². The number of amides is 1. The number of hydrogen-bond acceptors (Lipinski definition) is 3. The molecule has 2 N–H and O–H groups in total. The molecule has 1 amide bonds. The Bertz CT molecular complexity index is 600. The molecule has 0 aliphatic carbocycles. The van der Waals surface area contributed by atoms with Crippen molar-refractivity contribution >= 4 is 46.8 Å². The van der Waals surface area contributed by atoms with Crippen molar-refractivity contribution < 1.29 is 14.7 Å². The first-order valence-corrected chi connectivity index (χ1v) is 7.78. The van der Waals surface area contributed by atoms with E-state index < -0.39 is 16.8 Å². The number of carboxylic acid groups (broad SMARTS) is 1. The van der Waals surface area contributed by atoms with Crippen LogP contribution < -0.4 is 5.32 Å². The van der Waals surface area contributed by atoms with Gasteiger partial charge in [0.2, 0.25) is 5.91 Å². The molecule has 0 aromatic heterocycles. The summed E-state index contributed by atoms with van der Waals surface area (Å²) in [6.45, 7) is 1.68. The number of carbonyl (C=O) groups is 2. The van der Waals surface area contributed by atoms with Gasteiger partial charge < -0.3 is 10.4 Å². The molecular weight excluding hydrogens is 333 g/mol. The minimum atomic E-state index is -0.977. The van der Waals surface area contributed by atoms with Crippen molar-refractivity contribution in [2.45, 2.75) is 18.2 Å². The summed E-state index contributed by atoms with van der Waals surface area (Å²) in [5.41, 5.74) is 0.532. The Balaban J connectivity index is 2.10. The van der Waals surface area contributed by atoms with Crippen molar-refractivity contribution in [3.8, 4) is 0 Å². The molecule has 0 saturated heterocycles. The van der Waals surface area contributed by atoms with Gasteiger partial charge in [-0.05, 0) is 30.0 Å². The maximum absolute atomic E-state index is 12.2. The third-order valence-electron chi connectivity index (χ3n) is 3.23. The molecule has 1 aromatic carbocycles. The maximum Gasteiger partial charge on any atom is 0.313 e. The number of thioether (sulfide) groups is 1. The summed E-state index contributed by atoms with van der Waals surface area (Å²) in [4.78, 5) is 22.5. The van der Waals surface area contributed by atoms with Crippen molar-refractivity contribution in [1.29, 1.82) is 0 Å². The van der Waals surface area contributed by atoms with E-state index >= 15 is 0 Å². The van der Waals surface area contributed by atoms with Gasteiger partial charge in [0, 0.05) is 10.0 Å². The topological polar surface area (TPSA) is 66.4 Å². The zero-order chi connectivity index (χ0) is 15.6. The van der Waals surface area contributed by atoms with Crippen LogP contribution >= 0.6 is 35.0 Å². The Kier molecular flexibility index (Phi) is 4.86. The highest BCUT2D eigenvalue weighted by Gasteiger charge is 2.42. The van der Waals surface area contributed by atoms with E-state index in [0.29, 0.717) is 15.6 Å². The van der Waals surface area contributed by atoms with E-state index in [1.165, 1.54) is 11.8 Å². The van der Waals surface area contributed by atoms with Gasteiger partial charge in [-0.25, -0.2) is 0 Å². The zero-order valence-corrected chi connectivity index (χ0v) is 13.4. The van der Waals surface area contributed by atoms with Crippen molar-refractivity contribution in [2.75, 3.05) is 0 Å². The second kappa shape index (κ2) is 6.30. The van der Waals surface area contributed by atoms with Crippen molar-refractivity contribution in [2.24, 2.45) is 5.92 Å². The molecule has 21 heavy (non-hydrogen) atoms. The molecule has 1 aromatic rings. The van der Waals surface area contributed by atoms with Crippen LogP contribution in [-0.2, 0) is 16.0 Å². The summed E-state index contributed by atoms with van der Waals surface area (Å²) in [5.74, 6) is -2.07. The molecule has 0 saturated carbocycles. The summed E-state index contributed by atoms with van der Waals surface area (Å²) in [6, 6.07) is 5.01. The van der Waals surface area contributed by atoms with Crippen LogP contribution in [0.2, 0.25) is 10.0 Å². The number of nitrogens with one attached hydrogen (secondary N) is 1. The van der Waals surface area contributed by atoms with Gasteiger partial charge in [0.15, 0.2) is 0 Å². The highest BCUT2D eigenvalue weighted by atomic mass is 35.5. The van der Waals surface area contributed by atoms with Crippen LogP contribution in [0.4, 0.5) is 0 Å². The minimum absolute atomic E-state index is 0.000988. The number of benzene rings is 1. The highest BCUT2D eigenvalue weighted by molar-refractivity contribution is 8.03. The predicted octanol–water partition coefficient (Wildman–Crippen LogP) is 3.33. The highest BCUT2D eigenvalue weighted by Crippen LogP contribution is 2.39. The van der Waals surface area contributed by atoms with Gasteiger partial charge in [-0.1, -0.05) is 35.3 Å². The van der Waals surface area contributed by atoms with Crippen LogP contribution in [0.15, 0.2) is 29.7 Å². The SMILES string of the molecule is CC1(NC(=O)Cc2c(Cl)cccc2Cl)SC=CC1C(=O)O.